The number of fused-ring (bicyclic) bond motifs is 1. The molecule has 1 atom stereocenters. The molecule has 0 fully saturated rings. The number of aliphatic hydroxyl groups is 1. The third-order valence-electron chi connectivity index (χ3n) is 2.77. The Balaban J connectivity index is 2.18. The summed E-state index contributed by atoms with van der Waals surface area (Å²) in [6.07, 6.45) is 0.539. The van der Waals surface area contributed by atoms with Gasteiger partial charge in [-0.15, -0.1) is 0 Å². The molecule has 18 heavy (non-hydrogen) atoms. The normalized spacial score (nSPS) is 12.6. The van der Waals surface area contributed by atoms with Gasteiger partial charge in [-0.3, -0.25) is 4.79 Å². The van der Waals surface area contributed by atoms with E-state index < -0.39 is 0 Å². The summed E-state index contributed by atoms with van der Waals surface area (Å²) in [5, 5.41) is 13.2. The van der Waals surface area contributed by atoms with Crippen molar-refractivity contribution in [2.24, 2.45) is 0 Å². The van der Waals surface area contributed by atoms with Crippen LogP contribution in [-0.4, -0.2) is 28.6 Å². The molecule has 0 bridgehead atoms. The number of aromatic amines is 1. The molecule has 96 valence electrons. The highest BCUT2D eigenvalue weighted by atomic mass is 35.5. The van der Waals surface area contributed by atoms with Crippen LogP contribution in [0.15, 0.2) is 24.3 Å². The fourth-order valence-corrected chi connectivity index (χ4v) is 1.96. The standard InChI is InChI=1S/C13H15ClN2O2/c1-8(4-5-17)15-13(18)12-6-9-2-3-10(14)7-11(9)16-12/h2-3,6-8,16-17H,4-5H2,1H3,(H,15,18). The van der Waals surface area contributed by atoms with Gasteiger partial charge in [-0.2, -0.15) is 0 Å². The fourth-order valence-electron chi connectivity index (χ4n) is 1.79. The molecule has 2 aromatic rings. The molecule has 3 N–H and O–H groups in total. The Bertz CT molecular complexity index is 565. The SMILES string of the molecule is CC(CCO)NC(=O)c1cc2ccc(Cl)cc2[nH]1. The molecule has 0 radical (unpaired) electrons. The summed E-state index contributed by atoms with van der Waals surface area (Å²) >= 11 is 5.88. The van der Waals surface area contributed by atoms with Crippen LogP contribution in [0.2, 0.25) is 5.02 Å². The number of rotatable bonds is 4. The summed E-state index contributed by atoms with van der Waals surface area (Å²) in [7, 11) is 0. The van der Waals surface area contributed by atoms with Gasteiger partial charge in [0.15, 0.2) is 0 Å². The first kappa shape index (κ1) is 12.9. The fraction of sp³-hybridized carbons (Fsp3) is 0.308. The van der Waals surface area contributed by atoms with Gasteiger partial charge in [0.2, 0.25) is 0 Å². The predicted octanol–water partition coefficient (Wildman–Crippen LogP) is 2.32. The van der Waals surface area contributed by atoms with Crippen molar-refractivity contribution >= 4 is 28.4 Å². The molecule has 0 spiro atoms. The number of benzene rings is 1. The van der Waals surface area contributed by atoms with Gasteiger partial charge >= 0.3 is 0 Å². The first-order valence-electron chi connectivity index (χ1n) is 5.80. The van der Waals surface area contributed by atoms with Crippen molar-refractivity contribution in [1.82, 2.24) is 10.3 Å². The van der Waals surface area contributed by atoms with Crippen LogP contribution in [-0.2, 0) is 0 Å². The second kappa shape index (κ2) is 5.42. The first-order chi connectivity index (χ1) is 8.60. The number of aromatic nitrogens is 1. The summed E-state index contributed by atoms with van der Waals surface area (Å²) < 4.78 is 0. The first-order valence-corrected chi connectivity index (χ1v) is 6.18. The van der Waals surface area contributed by atoms with Gasteiger partial charge in [0.1, 0.15) is 5.69 Å². The number of carbonyl (C=O) groups is 1. The minimum absolute atomic E-state index is 0.0579. The highest BCUT2D eigenvalue weighted by molar-refractivity contribution is 6.31. The second-order valence-corrected chi connectivity index (χ2v) is 4.74. The largest absolute Gasteiger partial charge is 0.396 e. The van der Waals surface area contributed by atoms with Crippen LogP contribution in [0, 0.1) is 0 Å². The summed E-state index contributed by atoms with van der Waals surface area (Å²) in [6.45, 7) is 1.91. The van der Waals surface area contributed by atoms with Crippen molar-refractivity contribution in [3.05, 3.63) is 35.0 Å². The summed E-state index contributed by atoms with van der Waals surface area (Å²) in [5.41, 5.74) is 1.33. The number of hydrogen-bond acceptors (Lipinski definition) is 2. The molecule has 0 aliphatic carbocycles. The Hall–Kier alpha value is -1.52. The quantitative estimate of drug-likeness (QED) is 0.795. The van der Waals surface area contributed by atoms with Gasteiger partial charge in [-0.25, -0.2) is 0 Å². The average molecular weight is 267 g/mol. The van der Waals surface area contributed by atoms with Crippen LogP contribution in [0.25, 0.3) is 10.9 Å². The van der Waals surface area contributed by atoms with Crippen LogP contribution >= 0.6 is 11.6 Å². The van der Waals surface area contributed by atoms with E-state index in [0.717, 1.165) is 10.9 Å². The van der Waals surface area contributed by atoms with Crippen LogP contribution in [0.1, 0.15) is 23.8 Å². The summed E-state index contributed by atoms with van der Waals surface area (Å²) in [4.78, 5) is 15.0. The molecule has 1 unspecified atom stereocenters. The molecule has 1 heterocycles. The maximum atomic E-state index is 11.9. The monoisotopic (exact) mass is 266 g/mol. The average Bonchev–Trinajstić information content (AvgIpc) is 2.72. The number of hydrogen-bond donors (Lipinski definition) is 3. The molecule has 0 aliphatic rings. The zero-order valence-corrected chi connectivity index (χ0v) is 10.8. The van der Waals surface area contributed by atoms with Crippen LogP contribution in [0.3, 0.4) is 0 Å². The second-order valence-electron chi connectivity index (χ2n) is 4.30. The zero-order chi connectivity index (χ0) is 13.1. The number of aliphatic hydroxyl groups excluding tert-OH is 1. The molecular formula is C13H15ClN2O2. The molecule has 1 aromatic carbocycles. The van der Waals surface area contributed by atoms with E-state index in [1.54, 1.807) is 18.2 Å². The minimum atomic E-state index is -0.178. The number of carbonyl (C=O) groups excluding carboxylic acids is 1. The lowest BCUT2D eigenvalue weighted by atomic mass is 10.2. The van der Waals surface area contributed by atoms with E-state index >= 15 is 0 Å². The Morgan fingerprint density at radius 3 is 3.00 bits per heavy atom. The number of amides is 1. The van der Waals surface area contributed by atoms with E-state index in [1.807, 2.05) is 13.0 Å². The lowest BCUT2D eigenvalue weighted by Crippen LogP contribution is -2.33. The third kappa shape index (κ3) is 2.83. The Kier molecular flexibility index (Phi) is 3.89. The van der Waals surface area contributed by atoms with Gasteiger partial charge in [-0.05, 0) is 31.5 Å². The zero-order valence-electron chi connectivity index (χ0n) is 10.0. The topological polar surface area (TPSA) is 65.1 Å². The van der Waals surface area contributed by atoms with Crippen molar-refractivity contribution in [3.63, 3.8) is 0 Å². The highest BCUT2D eigenvalue weighted by Gasteiger charge is 2.12. The van der Waals surface area contributed by atoms with Crippen molar-refractivity contribution < 1.29 is 9.90 Å². The molecule has 1 aromatic heterocycles. The molecule has 4 nitrogen and oxygen atoms in total. The van der Waals surface area contributed by atoms with Crippen molar-refractivity contribution in [1.29, 1.82) is 0 Å². The molecule has 1 amide bonds. The van der Waals surface area contributed by atoms with Gasteiger partial charge in [0.25, 0.3) is 5.91 Å². The third-order valence-corrected chi connectivity index (χ3v) is 3.00. The molecule has 0 saturated carbocycles. The lowest BCUT2D eigenvalue weighted by molar-refractivity contribution is 0.0930. The van der Waals surface area contributed by atoms with E-state index in [0.29, 0.717) is 17.1 Å². The summed E-state index contributed by atoms with van der Waals surface area (Å²) in [6, 6.07) is 7.16. The van der Waals surface area contributed by atoms with E-state index in [2.05, 4.69) is 10.3 Å². The van der Waals surface area contributed by atoms with Gasteiger partial charge < -0.3 is 15.4 Å². The predicted molar refractivity (Wildman–Crippen MR) is 71.9 cm³/mol. The lowest BCUT2D eigenvalue weighted by Gasteiger charge is -2.11. The van der Waals surface area contributed by atoms with Crippen LogP contribution in [0.5, 0.6) is 0 Å². The molecule has 0 aliphatic heterocycles. The van der Waals surface area contributed by atoms with Gasteiger partial charge in [-0.1, -0.05) is 17.7 Å². The van der Waals surface area contributed by atoms with Crippen molar-refractivity contribution in [3.8, 4) is 0 Å². The van der Waals surface area contributed by atoms with E-state index in [1.165, 1.54) is 0 Å². The highest BCUT2D eigenvalue weighted by Crippen LogP contribution is 2.19. The Morgan fingerprint density at radius 2 is 2.28 bits per heavy atom. The van der Waals surface area contributed by atoms with Crippen LogP contribution < -0.4 is 5.32 Å². The number of H-pyrrole nitrogens is 1. The Morgan fingerprint density at radius 1 is 1.50 bits per heavy atom. The molecule has 2 rings (SSSR count). The van der Waals surface area contributed by atoms with E-state index in [9.17, 15) is 4.79 Å². The van der Waals surface area contributed by atoms with E-state index in [-0.39, 0.29) is 18.6 Å². The molecule has 0 saturated heterocycles. The molecular weight excluding hydrogens is 252 g/mol. The number of halogens is 1. The Labute approximate surface area is 110 Å². The number of nitrogens with one attached hydrogen (secondary N) is 2. The van der Waals surface area contributed by atoms with Gasteiger partial charge in [0.05, 0.1) is 0 Å². The van der Waals surface area contributed by atoms with Gasteiger partial charge in [0, 0.05) is 28.6 Å². The van der Waals surface area contributed by atoms with E-state index in [4.69, 9.17) is 16.7 Å². The molecule has 5 heteroatoms. The van der Waals surface area contributed by atoms with Crippen molar-refractivity contribution in [2.75, 3.05) is 6.61 Å². The van der Waals surface area contributed by atoms with Crippen LogP contribution in [0.4, 0.5) is 0 Å². The smallest absolute Gasteiger partial charge is 0.267 e. The summed E-state index contributed by atoms with van der Waals surface area (Å²) in [5.74, 6) is -0.178. The minimum Gasteiger partial charge on any atom is -0.396 e. The maximum Gasteiger partial charge on any atom is 0.267 e. The maximum absolute atomic E-state index is 11.9. The van der Waals surface area contributed by atoms with Crippen molar-refractivity contribution in [2.45, 2.75) is 19.4 Å².